The smallest absolute Gasteiger partial charge is 0.0810 e. The molecule has 1 unspecified atom stereocenters. The van der Waals surface area contributed by atoms with Crippen LogP contribution in [0.3, 0.4) is 0 Å². The summed E-state index contributed by atoms with van der Waals surface area (Å²) in [5.74, 6) is 0. The molecule has 0 bridgehead atoms. The van der Waals surface area contributed by atoms with Crippen molar-refractivity contribution in [3.05, 3.63) is 0 Å². The van der Waals surface area contributed by atoms with Crippen LogP contribution in [0.4, 0.5) is 0 Å². The molecule has 0 aromatic heterocycles. The summed E-state index contributed by atoms with van der Waals surface area (Å²) in [6.45, 7) is 5.24. The number of hydrogen-bond acceptors (Lipinski definition) is 2. The second-order valence-corrected chi connectivity index (χ2v) is 3.77. The molecule has 2 rings (SSSR count). The molecule has 0 aromatic carbocycles. The van der Waals surface area contributed by atoms with Gasteiger partial charge in [-0.05, 0) is 25.7 Å². The van der Waals surface area contributed by atoms with Crippen LogP contribution in [-0.4, -0.2) is 25.9 Å². The van der Waals surface area contributed by atoms with Crippen molar-refractivity contribution in [2.24, 2.45) is 0 Å². The number of ether oxygens (including phenoxy) is 2. The maximum absolute atomic E-state index is 5.07. The van der Waals surface area contributed by atoms with E-state index in [1.165, 1.54) is 38.5 Å². The molecule has 0 amide bonds. The largest absolute Gasteiger partial charge is 0.381 e. The fourth-order valence-electron chi connectivity index (χ4n) is 1.35. The average molecular weight is 186 g/mol. The summed E-state index contributed by atoms with van der Waals surface area (Å²) in [7, 11) is 0. The minimum absolute atomic E-state index is 0.653. The predicted molar refractivity (Wildman–Crippen MR) is 53.9 cm³/mol. The number of unbranched alkanes of at least 4 members (excludes halogenated alkanes) is 1. The molecule has 13 heavy (non-hydrogen) atoms. The fourth-order valence-corrected chi connectivity index (χ4v) is 1.35. The van der Waals surface area contributed by atoms with Crippen LogP contribution in [0.15, 0.2) is 0 Å². The van der Waals surface area contributed by atoms with E-state index in [-0.39, 0.29) is 0 Å². The van der Waals surface area contributed by atoms with Gasteiger partial charge in [-0.25, -0.2) is 0 Å². The van der Waals surface area contributed by atoms with E-state index in [4.69, 9.17) is 9.47 Å². The van der Waals surface area contributed by atoms with E-state index in [1.807, 2.05) is 0 Å². The van der Waals surface area contributed by atoms with Crippen molar-refractivity contribution in [1.29, 1.82) is 0 Å². The molecule has 0 spiro atoms. The zero-order valence-electron chi connectivity index (χ0n) is 8.76. The van der Waals surface area contributed by atoms with Crippen molar-refractivity contribution in [3.8, 4) is 0 Å². The Bertz CT molecular complexity index is 95.1. The Hall–Kier alpha value is -0.0800. The third-order valence-electron chi connectivity index (χ3n) is 2.36. The standard InChI is InChI=1S/C6H12O.C5H10O/c1-2-3-4-6-5-7-6;1-2-4-6-5-3-1/h6H,2-5H2,1H3;1-5H2. The lowest BCUT2D eigenvalue weighted by Crippen LogP contribution is -2.03. The zero-order valence-corrected chi connectivity index (χ0v) is 8.76. The van der Waals surface area contributed by atoms with Crippen molar-refractivity contribution in [2.75, 3.05) is 19.8 Å². The number of epoxide rings is 1. The van der Waals surface area contributed by atoms with Crippen LogP contribution in [0.2, 0.25) is 0 Å². The minimum atomic E-state index is 0.653. The molecule has 2 saturated heterocycles. The molecule has 2 nitrogen and oxygen atoms in total. The Morgan fingerprint density at radius 3 is 2.15 bits per heavy atom. The van der Waals surface area contributed by atoms with E-state index in [9.17, 15) is 0 Å². The lowest BCUT2D eigenvalue weighted by molar-refractivity contribution is 0.0968. The highest BCUT2D eigenvalue weighted by Crippen LogP contribution is 2.15. The maximum atomic E-state index is 5.07. The summed E-state index contributed by atoms with van der Waals surface area (Å²) < 4.78 is 10.1. The SMILES string of the molecule is C1CCOCC1.CCCCC1CO1. The molecular formula is C11H22O2. The molecule has 0 N–H and O–H groups in total. The lowest BCUT2D eigenvalue weighted by Gasteiger charge is -2.08. The molecule has 2 fully saturated rings. The van der Waals surface area contributed by atoms with E-state index >= 15 is 0 Å². The zero-order chi connectivity index (χ0) is 9.36. The topological polar surface area (TPSA) is 21.8 Å². The van der Waals surface area contributed by atoms with Gasteiger partial charge in [-0.1, -0.05) is 19.8 Å². The molecule has 2 aliphatic rings. The Kier molecular flexibility index (Phi) is 6.21. The average Bonchev–Trinajstić information content (AvgIpc) is 3.02. The van der Waals surface area contributed by atoms with Crippen LogP contribution < -0.4 is 0 Å². The van der Waals surface area contributed by atoms with Crippen LogP contribution in [0.25, 0.3) is 0 Å². The molecule has 1 atom stereocenters. The molecular weight excluding hydrogens is 164 g/mol. The predicted octanol–water partition coefficient (Wildman–Crippen LogP) is 2.76. The van der Waals surface area contributed by atoms with E-state index in [1.54, 1.807) is 0 Å². The molecule has 2 heteroatoms. The molecule has 2 heterocycles. The third-order valence-corrected chi connectivity index (χ3v) is 2.36. The van der Waals surface area contributed by atoms with Gasteiger partial charge in [-0.15, -0.1) is 0 Å². The third kappa shape index (κ3) is 7.03. The fraction of sp³-hybridized carbons (Fsp3) is 1.00. The van der Waals surface area contributed by atoms with Gasteiger partial charge in [0.1, 0.15) is 0 Å². The van der Waals surface area contributed by atoms with Crippen molar-refractivity contribution in [1.82, 2.24) is 0 Å². The second kappa shape index (κ2) is 7.34. The van der Waals surface area contributed by atoms with Gasteiger partial charge in [0, 0.05) is 13.2 Å². The number of hydrogen-bond donors (Lipinski definition) is 0. The van der Waals surface area contributed by atoms with Crippen molar-refractivity contribution >= 4 is 0 Å². The molecule has 2 aliphatic heterocycles. The van der Waals surface area contributed by atoms with Gasteiger partial charge in [0.2, 0.25) is 0 Å². The van der Waals surface area contributed by atoms with Crippen LogP contribution in [-0.2, 0) is 9.47 Å². The first-order chi connectivity index (χ1) is 6.43. The van der Waals surface area contributed by atoms with Crippen LogP contribution in [0.1, 0.15) is 45.4 Å². The van der Waals surface area contributed by atoms with Crippen molar-refractivity contribution in [2.45, 2.75) is 51.6 Å². The van der Waals surface area contributed by atoms with Gasteiger partial charge in [0.05, 0.1) is 12.7 Å². The quantitative estimate of drug-likeness (QED) is 0.632. The first kappa shape index (κ1) is 11.0. The Balaban J connectivity index is 0.000000132. The minimum Gasteiger partial charge on any atom is -0.381 e. The molecule has 0 saturated carbocycles. The molecule has 0 aliphatic carbocycles. The van der Waals surface area contributed by atoms with Gasteiger partial charge < -0.3 is 9.47 Å². The van der Waals surface area contributed by atoms with Crippen molar-refractivity contribution < 1.29 is 9.47 Å². The van der Waals surface area contributed by atoms with E-state index < -0.39 is 0 Å². The van der Waals surface area contributed by atoms with Crippen LogP contribution in [0, 0.1) is 0 Å². The molecule has 0 radical (unpaired) electrons. The Morgan fingerprint density at radius 1 is 1.15 bits per heavy atom. The number of rotatable bonds is 3. The Morgan fingerprint density at radius 2 is 1.85 bits per heavy atom. The monoisotopic (exact) mass is 186 g/mol. The molecule has 78 valence electrons. The van der Waals surface area contributed by atoms with Gasteiger partial charge >= 0.3 is 0 Å². The summed E-state index contributed by atoms with van der Waals surface area (Å²) in [5.41, 5.74) is 0. The van der Waals surface area contributed by atoms with E-state index in [0.29, 0.717) is 6.10 Å². The highest BCUT2D eigenvalue weighted by atomic mass is 16.6. The summed E-state index contributed by atoms with van der Waals surface area (Å²) >= 11 is 0. The van der Waals surface area contributed by atoms with Gasteiger partial charge in [-0.3, -0.25) is 0 Å². The lowest BCUT2D eigenvalue weighted by atomic mass is 10.2. The summed E-state index contributed by atoms with van der Waals surface area (Å²) in [5, 5.41) is 0. The van der Waals surface area contributed by atoms with Gasteiger partial charge in [0.15, 0.2) is 0 Å². The Labute approximate surface area is 81.6 Å². The highest BCUT2D eigenvalue weighted by Gasteiger charge is 2.20. The second-order valence-electron chi connectivity index (χ2n) is 3.77. The van der Waals surface area contributed by atoms with Gasteiger partial charge in [-0.2, -0.15) is 0 Å². The summed E-state index contributed by atoms with van der Waals surface area (Å²) in [6.07, 6.45) is 8.51. The maximum Gasteiger partial charge on any atom is 0.0810 e. The summed E-state index contributed by atoms with van der Waals surface area (Å²) in [6, 6.07) is 0. The van der Waals surface area contributed by atoms with Crippen LogP contribution >= 0.6 is 0 Å². The first-order valence-corrected chi connectivity index (χ1v) is 5.63. The van der Waals surface area contributed by atoms with E-state index in [2.05, 4.69) is 6.92 Å². The first-order valence-electron chi connectivity index (χ1n) is 5.63. The summed E-state index contributed by atoms with van der Waals surface area (Å²) in [4.78, 5) is 0. The van der Waals surface area contributed by atoms with E-state index in [0.717, 1.165) is 19.8 Å². The molecule has 0 aromatic rings. The van der Waals surface area contributed by atoms with Crippen molar-refractivity contribution in [3.63, 3.8) is 0 Å². The van der Waals surface area contributed by atoms with Crippen LogP contribution in [0.5, 0.6) is 0 Å². The highest BCUT2D eigenvalue weighted by molar-refractivity contribution is 4.67. The van der Waals surface area contributed by atoms with Gasteiger partial charge in [0.25, 0.3) is 0 Å². The normalized spacial score (nSPS) is 26.1.